The zero-order valence-electron chi connectivity index (χ0n) is 11.0. The van der Waals surface area contributed by atoms with Crippen molar-refractivity contribution in [3.05, 3.63) is 35.9 Å². The highest BCUT2D eigenvalue weighted by molar-refractivity contribution is 5.71. The fourth-order valence-electron chi connectivity index (χ4n) is 3.15. The lowest BCUT2D eigenvalue weighted by molar-refractivity contribution is -0.143. The van der Waals surface area contributed by atoms with Crippen LogP contribution < -0.4 is 0 Å². The second-order valence-electron chi connectivity index (χ2n) is 5.23. The molecule has 0 spiro atoms. The summed E-state index contributed by atoms with van der Waals surface area (Å²) in [6, 6.07) is 10.4. The summed E-state index contributed by atoms with van der Waals surface area (Å²) < 4.78 is 0. The number of likely N-dealkylation sites (tertiary alicyclic amines) is 1. The van der Waals surface area contributed by atoms with E-state index >= 15 is 0 Å². The molecule has 3 atom stereocenters. The molecular weight excluding hydrogens is 226 g/mol. The monoisotopic (exact) mass is 247 g/mol. The predicted octanol–water partition coefficient (Wildman–Crippen LogP) is 2.62. The summed E-state index contributed by atoms with van der Waals surface area (Å²) in [5.41, 5.74) is 1.26. The standard InChI is InChI=1S/C15H21NO2/c1-3-13-14(15(17)18)11(2)9-16(13)10-12-7-5-4-6-8-12/h4-8,11,13-14H,3,9-10H2,1-2H3,(H,17,18). The van der Waals surface area contributed by atoms with Crippen LogP contribution in [0, 0.1) is 11.8 Å². The molecule has 1 heterocycles. The summed E-state index contributed by atoms with van der Waals surface area (Å²) in [5.74, 6) is -0.639. The molecule has 1 aliphatic rings. The van der Waals surface area contributed by atoms with Crippen LogP contribution in [-0.2, 0) is 11.3 Å². The lowest BCUT2D eigenvalue weighted by Gasteiger charge is -2.25. The average molecular weight is 247 g/mol. The Kier molecular flexibility index (Phi) is 4.02. The van der Waals surface area contributed by atoms with E-state index in [1.54, 1.807) is 0 Å². The van der Waals surface area contributed by atoms with Crippen LogP contribution in [0.4, 0.5) is 0 Å². The van der Waals surface area contributed by atoms with Gasteiger partial charge in [0.25, 0.3) is 0 Å². The number of benzene rings is 1. The summed E-state index contributed by atoms with van der Waals surface area (Å²) in [5, 5.41) is 9.34. The van der Waals surface area contributed by atoms with Crippen molar-refractivity contribution in [1.29, 1.82) is 0 Å². The van der Waals surface area contributed by atoms with Crippen LogP contribution in [0.1, 0.15) is 25.8 Å². The molecule has 3 nitrogen and oxygen atoms in total. The summed E-state index contributed by atoms with van der Waals surface area (Å²) in [7, 11) is 0. The molecule has 1 aromatic rings. The first-order valence-electron chi connectivity index (χ1n) is 6.64. The number of carboxylic acids is 1. The third-order valence-corrected chi connectivity index (χ3v) is 3.95. The number of nitrogens with zero attached hydrogens (tertiary/aromatic N) is 1. The van der Waals surface area contributed by atoms with Crippen molar-refractivity contribution in [2.75, 3.05) is 6.54 Å². The molecule has 98 valence electrons. The van der Waals surface area contributed by atoms with Gasteiger partial charge in [0.15, 0.2) is 0 Å². The zero-order chi connectivity index (χ0) is 13.1. The summed E-state index contributed by atoms with van der Waals surface area (Å²) in [6.07, 6.45) is 0.897. The summed E-state index contributed by atoms with van der Waals surface area (Å²) in [6.45, 7) is 5.86. The average Bonchev–Trinajstić information content (AvgIpc) is 2.66. The molecular formula is C15H21NO2. The lowest BCUT2D eigenvalue weighted by atomic mass is 9.91. The Morgan fingerprint density at radius 1 is 1.39 bits per heavy atom. The molecule has 0 radical (unpaired) electrons. The number of carboxylic acid groups (broad SMARTS) is 1. The molecule has 1 aromatic carbocycles. The van der Waals surface area contributed by atoms with Gasteiger partial charge in [-0.1, -0.05) is 44.2 Å². The topological polar surface area (TPSA) is 40.5 Å². The molecule has 3 heteroatoms. The molecule has 18 heavy (non-hydrogen) atoms. The molecule has 2 rings (SSSR count). The largest absolute Gasteiger partial charge is 0.481 e. The highest BCUT2D eigenvalue weighted by Crippen LogP contribution is 2.32. The highest BCUT2D eigenvalue weighted by Gasteiger charge is 2.42. The van der Waals surface area contributed by atoms with E-state index in [0.29, 0.717) is 0 Å². The molecule has 1 saturated heterocycles. The minimum atomic E-state index is -0.648. The Balaban J connectivity index is 2.12. The van der Waals surface area contributed by atoms with Gasteiger partial charge in [0.1, 0.15) is 0 Å². The molecule has 0 amide bonds. The van der Waals surface area contributed by atoms with E-state index in [-0.39, 0.29) is 17.9 Å². The SMILES string of the molecule is CCC1C(C(=O)O)C(C)CN1Cc1ccccc1. The van der Waals surface area contributed by atoms with Gasteiger partial charge in [-0.15, -0.1) is 0 Å². The van der Waals surface area contributed by atoms with Crippen LogP contribution in [0.15, 0.2) is 30.3 Å². The quantitative estimate of drug-likeness (QED) is 0.889. The van der Waals surface area contributed by atoms with Crippen LogP contribution in [0.2, 0.25) is 0 Å². The van der Waals surface area contributed by atoms with Crippen molar-refractivity contribution in [2.45, 2.75) is 32.9 Å². The van der Waals surface area contributed by atoms with E-state index < -0.39 is 5.97 Å². The fraction of sp³-hybridized carbons (Fsp3) is 0.533. The number of carbonyl (C=O) groups is 1. The maximum absolute atomic E-state index is 11.4. The first-order chi connectivity index (χ1) is 8.63. The molecule has 1 fully saturated rings. The van der Waals surface area contributed by atoms with Gasteiger partial charge < -0.3 is 5.11 Å². The van der Waals surface area contributed by atoms with Crippen molar-refractivity contribution in [3.63, 3.8) is 0 Å². The van der Waals surface area contributed by atoms with E-state index in [4.69, 9.17) is 0 Å². The van der Waals surface area contributed by atoms with Crippen molar-refractivity contribution in [3.8, 4) is 0 Å². The van der Waals surface area contributed by atoms with E-state index in [1.807, 2.05) is 25.1 Å². The van der Waals surface area contributed by atoms with Gasteiger partial charge >= 0.3 is 5.97 Å². The predicted molar refractivity (Wildman–Crippen MR) is 71.2 cm³/mol. The second-order valence-corrected chi connectivity index (χ2v) is 5.23. The van der Waals surface area contributed by atoms with Gasteiger partial charge in [-0.05, 0) is 17.9 Å². The smallest absolute Gasteiger partial charge is 0.308 e. The third-order valence-electron chi connectivity index (χ3n) is 3.95. The minimum Gasteiger partial charge on any atom is -0.481 e. The van der Waals surface area contributed by atoms with Gasteiger partial charge in [-0.3, -0.25) is 9.69 Å². The summed E-state index contributed by atoms with van der Waals surface area (Å²) >= 11 is 0. The lowest BCUT2D eigenvalue weighted by Crippen LogP contribution is -2.35. The Morgan fingerprint density at radius 3 is 2.61 bits per heavy atom. The minimum absolute atomic E-state index is 0.165. The van der Waals surface area contributed by atoms with Crippen LogP contribution in [0.25, 0.3) is 0 Å². The van der Waals surface area contributed by atoms with Gasteiger partial charge in [-0.2, -0.15) is 0 Å². The Labute approximate surface area is 108 Å². The van der Waals surface area contributed by atoms with E-state index in [2.05, 4.69) is 24.0 Å². The van der Waals surface area contributed by atoms with Gasteiger partial charge in [0.05, 0.1) is 5.92 Å². The molecule has 3 unspecified atom stereocenters. The first-order valence-corrected chi connectivity index (χ1v) is 6.64. The van der Waals surface area contributed by atoms with Gasteiger partial charge in [-0.25, -0.2) is 0 Å². The first kappa shape index (κ1) is 13.1. The van der Waals surface area contributed by atoms with Crippen molar-refractivity contribution in [1.82, 2.24) is 4.90 Å². The van der Waals surface area contributed by atoms with E-state index in [1.165, 1.54) is 5.56 Å². The van der Waals surface area contributed by atoms with Gasteiger partial charge in [0.2, 0.25) is 0 Å². The maximum Gasteiger partial charge on any atom is 0.308 e. The van der Waals surface area contributed by atoms with E-state index in [9.17, 15) is 9.90 Å². The van der Waals surface area contributed by atoms with Gasteiger partial charge in [0, 0.05) is 19.1 Å². The fourth-order valence-corrected chi connectivity index (χ4v) is 3.15. The van der Waals surface area contributed by atoms with Crippen molar-refractivity contribution in [2.24, 2.45) is 11.8 Å². The Bertz CT molecular complexity index is 404. The summed E-state index contributed by atoms with van der Waals surface area (Å²) in [4.78, 5) is 13.7. The van der Waals surface area contributed by atoms with Crippen LogP contribution in [0.5, 0.6) is 0 Å². The van der Waals surface area contributed by atoms with Crippen LogP contribution in [-0.4, -0.2) is 28.6 Å². The normalized spacial score (nSPS) is 28.4. The Morgan fingerprint density at radius 2 is 2.06 bits per heavy atom. The molecule has 0 saturated carbocycles. The van der Waals surface area contributed by atoms with Crippen LogP contribution in [0.3, 0.4) is 0 Å². The number of rotatable bonds is 4. The zero-order valence-corrected chi connectivity index (χ0v) is 11.0. The molecule has 0 aromatic heterocycles. The van der Waals surface area contributed by atoms with E-state index in [0.717, 1.165) is 19.5 Å². The Hall–Kier alpha value is -1.35. The molecule has 0 bridgehead atoms. The maximum atomic E-state index is 11.4. The molecule has 0 aliphatic carbocycles. The van der Waals surface area contributed by atoms with Crippen molar-refractivity contribution >= 4 is 5.97 Å². The third kappa shape index (κ3) is 2.56. The highest BCUT2D eigenvalue weighted by atomic mass is 16.4. The molecule has 1 aliphatic heterocycles. The van der Waals surface area contributed by atoms with Crippen molar-refractivity contribution < 1.29 is 9.90 Å². The second kappa shape index (κ2) is 5.53. The number of hydrogen-bond acceptors (Lipinski definition) is 2. The number of aliphatic carboxylic acids is 1. The molecule has 1 N–H and O–H groups in total. The van der Waals surface area contributed by atoms with Crippen LogP contribution >= 0.6 is 0 Å². The number of hydrogen-bond donors (Lipinski definition) is 1.